The zero-order valence-corrected chi connectivity index (χ0v) is 15.7. The Kier molecular flexibility index (Phi) is 6.31. The van der Waals surface area contributed by atoms with Crippen LogP contribution in [-0.4, -0.2) is 17.1 Å². The Morgan fingerprint density at radius 2 is 2.19 bits per heavy atom. The Balaban J connectivity index is 1.49. The molecule has 0 aliphatic heterocycles. The molecule has 2 aliphatic rings. The van der Waals surface area contributed by atoms with Gasteiger partial charge in [-0.1, -0.05) is 53.6 Å². The molecule has 0 spiro atoms. The first-order valence-electron chi connectivity index (χ1n) is 9.91. The number of hydrogen-bond donors (Lipinski definition) is 2. The number of aliphatic hydroxyl groups excluding tert-OH is 1. The van der Waals surface area contributed by atoms with Crippen LogP contribution in [0.15, 0.2) is 48.1 Å². The number of hydrogen-bond acceptors (Lipinski definition) is 2. The van der Waals surface area contributed by atoms with Gasteiger partial charge in [0.1, 0.15) is 0 Å². The van der Waals surface area contributed by atoms with Crippen LogP contribution >= 0.6 is 0 Å². The number of carbonyl (C=O) groups excluding carboxylic acids is 1. The van der Waals surface area contributed by atoms with E-state index in [0.717, 1.165) is 38.5 Å². The molecule has 0 aromatic heterocycles. The topological polar surface area (TPSA) is 63.3 Å². The highest BCUT2D eigenvalue weighted by molar-refractivity contribution is 5.73. The van der Waals surface area contributed by atoms with Crippen molar-refractivity contribution < 1.29 is 9.90 Å². The Labute approximate surface area is 157 Å². The fourth-order valence-electron chi connectivity index (χ4n) is 4.65. The molecule has 4 atom stereocenters. The van der Waals surface area contributed by atoms with Crippen molar-refractivity contribution in [3.8, 4) is 0 Å². The molecule has 26 heavy (non-hydrogen) atoms. The van der Waals surface area contributed by atoms with E-state index in [9.17, 15) is 9.90 Å². The fourth-order valence-corrected chi connectivity index (χ4v) is 4.65. The Morgan fingerprint density at radius 1 is 1.35 bits per heavy atom. The van der Waals surface area contributed by atoms with Gasteiger partial charge in [0.05, 0.1) is 6.10 Å². The number of benzene rings is 1. The lowest BCUT2D eigenvalue weighted by Crippen LogP contribution is -2.17. The van der Waals surface area contributed by atoms with Crippen LogP contribution in [0.3, 0.4) is 0 Å². The van der Waals surface area contributed by atoms with Gasteiger partial charge in [-0.25, -0.2) is 0 Å². The number of amides is 1. The number of carbonyl (C=O) groups is 1. The SMILES string of the molecule is Cc1cccc(CC/C=C/[C@@H]2[C@H]3CC(CCCC(N)=O)=C[C@H]3C[C@H]2O)c1. The molecule has 1 aromatic rings. The highest BCUT2D eigenvalue weighted by Gasteiger charge is 2.43. The van der Waals surface area contributed by atoms with E-state index in [0.29, 0.717) is 18.3 Å². The molecule has 0 bridgehead atoms. The number of nitrogens with two attached hydrogens (primary N) is 1. The van der Waals surface area contributed by atoms with Crippen LogP contribution in [0.5, 0.6) is 0 Å². The van der Waals surface area contributed by atoms with Crippen LogP contribution in [0.25, 0.3) is 0 Å². The lowest BCUT2D eigenvalue weighted by atomic mass is 9.88. The maximum atomic E-state index is 10.9. The Morgan fingerprint density at radius 3 is 2.96 bits per heavy atom. The molecule has 1 amide bonds. The van der Waals surface area contributed by atoms with E-state index in [1.165, 1.54) is 16.7 Å². The predicted octanol–water partition coefficient (Wildman–Crippen LogP) is 4.08. The molecule has 0 heterocycles. The first-order chi connectivity index (χ1) is 12.5. The average molecular weight is 354 g/mol. The van der Waals surface area contributed by atoms with Gasteiger partial charge < -0.3 is 10.8 Å². The quantitative estimate of drug-likeness (QED) is 0.692. The van der Waals surface area contributed by atoms with Gasteiger partial charge in [0.2, 0.25) is 5.91 Å². The Hall–Kier alpha value is -1.87. The number of rotatable bonds is 8. The fraction of sp³-hybridized carbons (Fsp3) is 0.522. The average Bonchev–Trinajstić information content (AvgIpc) is 3.08. The number of allylic oxidation sites excluding steroid dienone is 3. The lowest BCUT2D eigenvalue weighted by Gasteiger charge is -2.18. The predicted molar refractivity (Wildman–Crippen MR) is 105 cm³/mol. The summed E-state index contributed by atoms with van der Waals surface area (Å²) in [5.74, 6) is 1.08. The molecule has 0 radical (unpaired) electrons. The van der Waals surface area contributed by atoms with Crippen molar-refractivity contribution in [3.05, 3.63) is 59.2 Å². The van der Waals surface area contributed by atoms with Crippen molar-refractivity contribution in [1.29, 1.82) is 0 Å². The monoisotopic (exact) mass is 353 g/mol. The highest BCUT2D eigenvalue weighted by atomic mass is 16.3. The van der Waals surface area contributed by atoms with E-state index in [2.05, 4.69) is 49.4 Å². The first-order valence-corrected chi connectivity index (χ1v) is 9.91. The molecule has 1 aromatic carbocycles. The molecular formula is C23H31NO2. The standard InChI is InChI=1S/C23H31NO2/c1-16-6-4-8-17(12-16)7-2-3-10-20-21-14-18(9-5-11-23(24)26)13-19(21)15-22(20)25/h3-4,6,8,10,12-13,19-22,25H,2,5,7,9,11,14-15H2,1H3,(H2,24,26)/b10-3+/t19-,20+,21-,22+/m0/s1. The number of aliphatic hydroxyl groups is 1. The second-order valence-electron chi connectivity index (χ2n) is 8.01. The zero-order valence-electron chi connectivity index (χ0n) is 15.7. The van der Waals surface area contributed by atoms with E-state index >= 15 is 0 Å². The normalized spacial score (nSPS) is 27.7. The van der Waals surface area contributed by atoms with Crippen LogP contribution in [-0.2, 0) is 11.2 Å². The van der Waals surface area contributed by atoms with Crippen LogP contribution in [0, 0.1) is 24.7 Å². The minimum Gasteiger partial charge on any atom is -0.392 e. The molecule has 3 N–H and O–H groups in total. The summed E-state index contributed by atoms with van der Waals surface area (Å²) in [6.07, 6.45) is 12.9. The van der Waals surface area contributed by atoms with Crippen LogP contribution in [0.4, 0.5) is 0 Å². The van der Waals surface area contributed by atoms with E-state index in [1.807, 2.05) is 0 Å². The van der Waals surface area contributed by atoms with E-state index < -0.39 is 0 Å². The largest absolute Gasteiger partial charge is 0.392 e. The minimum absolute atomic E-state index is 0.214. The number of fused-ring (bicyclic) bond motifs is 1. The summed E-state index contributed by atoms with van der Waals surface area (Å²) in [6.45, 7) is 2.13. The molecule has 1 saturated carbocycles. The van der Waals surface area contributed by atoms with E-state index in [1.54, 1.807) is 0 Å². The summed E-state index contributed by atoms with van der Waals surface area (Å²) >= 11 is 0. The van der Waals surface area contributed by atoms with Crippen molar-refractivity contribution in [2.75, 3.05) is 0 Å². The lowest BCUT2D eigenvalue weighted by molar-refractivity contribution is -0.118. The van der Waals surface area contributed by atoms with Crippen LogP contribution in [0.2, 0.25) is 0 Å². The second-order valence-corrected chi connectivity index (χ2v) is 8.01. The third kappa shape index (κ3) is 4.85. The number of primary amides is 1. The van der Waals surface area contributed by atoms with Gasteiger partial charge in [-0.3, -0.25) is 4.79 Å². The first kappa shape index (κ1) is 18.9. The van der Waals surface area contributed by atoms with E-state index in [4.69, 9.17) is 5.73 Å². The van der Waals surface area contributed by atoms with Crippen LogP contribution in [0.1, 0.15) is 49.7 Å². The smallest absolute Gasteiger partial charge is 0.217 e. The van der Waals surface area contributed by atoms with Gasteiger partial charge in [-0.15, -0.1) is 0 Å². The Bertz CT molecular complexity index is 691. The highest BCUT2D eigenvalue weighted by Crippen LogP contribution is 2.48. The summed E-state index contributed by atoms with van der Waals surface area (Å²) in [5.41, 5.74) is 9.36. The van der Waals surface area contributed by atoms with Crippen molar-refractivity contribution in [2.45, 2.75) is 58.0 Å². The van der Waals surface area contributed by atoms with Gasteiger partial charge in [-0.05, 0) is 62.8 Å². The van der Waals surface area contributed by atoms with Crippen LogP contribution < -0.4 is 5.73 Å². The summed E-state index contributed by atoms with van der Waals surface area (Å²) in [5, 5.41) is 10.4. The van der Waals surface area contributed by atoms with Gasteiger partial charge in [0, 0.05) is 12.3 Å². The van der Waals surface area contributed by atoms with Gasteiger partial charge >= 0.3 is 0 Å². The maximum absolute atomic E-state index is 10.9. The molecule has 0 unspecified atom stereocenters. The third-order valence-electron chi connectivity index (χ3n) is 5.91. The molecule has 2 aliphatic carbocycles. The third-order valence-corrected chi connectivity index (χ3v) is 5.91. The van der Waals surface area contributed by atoms with Gasteiger partial charge in [-0.2, -0.15) is 0 Å². The molecular weight excluding hydrogens is 322 g/mol. The molecule has 3 rings (SSSR count). The van der Waals surface area contributed by atoms with Crippen molar-refractivity contribution in [1.82, 2.24) is 0 Å². The summed E-state index contributed by atoms with van der Waals surface area (Å²) in [7, 11) is 0. The summed E-state index contributed by atoms with van der Waals surface area (Å²) in [4.78, 5) is 10.9. The molecule has 3 heteroatoms. The van der Waals surface area contributed by atoms with Crippen molar-refractivity contribution in [2.24, 2.45) is 23.5 Å². The molecule has 1 fully saturated rings. The second kappa shape index (κ2) is 8.68. The van der Waals surface area contributed by atoms with Gasteiger partial charge in [0.25, 0.3) is 0 Å². The van der Waals surface area contributed by atoms with Gasteiger partial charge in [0.15, 0.2) is 0 Å². The molecule has 3 nitrogen and oxygen atoms in total. The summed E-state index contributed by atoms with van der Waals surface area (Å²) < 4.78 is 0. The maximum Gasteiger partial charge on any atom is 0.217 e. The zero-order chi connectivity index (χ0) is 18.5. The van der Waals surface area contributed by atoms with Crippen molar-refractivity contribution in [3.63, 3.8) is 0 Å². The van der Waals surface area contributed by atoms with Crippen molar-refractivity contribution >= 4 is 5.91 Å². The number of aryl methyl sites for hydroxylation is 2. The molecule has 140 valence electrons. The minimum atomic E-state index is -0.219. The molecule has 0 saturated heterocycles. The summed E-state index contributed by atoms with van der Waals surface area (Å²) in [6, 6.07) is 8.67. The van der Waals surface area contributed by atoms with E-state index in [-0.39, 0.29) is 17.9 Å².